The molecule has 10 heavy (non-hydrogen) atoms. The Hall–Kier alpha value is -0.150. The van der Waals surface area contributed by atoms with Crippen LogP contribution >= 0.6 is 0 Å². The maximum Gasteiger partial charge on any atom is 0.0949 e. The smallest absolute Gasteiger partial charge is 0.0949 e. The van der Waals surface area contributed by atoms with Gasteiger partial charge in [-0.15, -0.1) is 0 Å². The van der Waals surface area contributed by atoms with Crippen molar-refractivity contribution in [3.8, 4) is 0 Å². The number of alkyl halides is 1. The lowest BCUT2D eigenvalue weighted by Gasteiger charge is -2.11. The van der Waals surface area contributed by atoms with Crippen molar-refractivity contribution >= 4 is 0 Å². The molecular formula is C7H11FO2. The fraction of sp³-hybridized carbons (Fsp3) is 0.857. The van der Waals surface area contributed by atoms with Crippen molar-refractivity contribution in [2.24, 2.45) is 5.92 Å². The van der Waals surface area contributed by atoms with E-state index in [0.717, 1.165) is 0 Å². The highest BCUT2D eigenvalue weighted by molar-refractivity contribution is 4.82. The Balaban J connectivity index is 2.41. The quantitative estimate of drug-likeness (QED) is 0.612. The molecule has 1 fully saturated rings. The molecule has 1 N–H and O–H groups in total. The van der Waals surface area contributed by atoms with Gasteiger partial charge >= 0.3 is 0 Å². The number of rotatable bonds is 2. The number of aliphatic hydroxyl groups excluding tert-OH is 1. The second kappa shape index (κ2) is 3.30. The van der Waals surface area contributed by atoms with Gasteiger partial charge in [0.25, 0.3) is 0 Å². The first-order valence-corrected chi connectivity index (χ1v) is 3.35. The third-order valence-electron chi connectivity index (χ3n) is 1.79. The average Bonchev–Trinajstić information content (AvgIpc) is 2.30. The zero-order chi connectivity index (χ0) is 7.56. The molecule has 0 spiro atoms. The SMILES string of the molecule is [CH]C1C[C@@H](CF)[C@@H](CO)O1. The van der Waals surface area contributed by atoms with Crippen molar-refractivity contribution < 1.29 is 14.2 Å². The molecule has 3 heteroatoms. The number of hydrogen-bond donors (Lipinski definition) is 1. The molecule has 0 aromatic carbocycles. The zero-order valence-corrected chi connectivity index (χ0v) is 5.66. The van der Waals surface area contributed by atoms with E-state index in [-0.39, 0.29) is 18.6 Å². The summed E-state index contributed by atoms with van der Waals surface area (Å²) in [4.78, 5) is 0. The van der Waals surface area contributed by atoms with Crippen LogP contribution < -0.4 is 0 Å². The van der Waals surface area contributed by atoms with E-state index in [1.165, 1.54) is 0 Å². The normalized spacial score (nSPS) is 40.5. The second-order valence-corrected chi connectivity index (χ2v) is 2.55. The number of hydrogen-bond acceptors (Lipinski definition) is 2. The molecule has 0 bridgehead atoms. The van der Waals surface area contributed by atoms with E-state index < -0.39 is 12.8 Å². The van der Waals surface area contributed by atoms with Crippen LogP contribution in [-0.2, 0) is 4.74 Å². The van der Waals surface area contributed by atoms with Crippen LogP contribution in [0.4, 0.5) is 4.39 Å². The standard InChI is InChI=1S/C7H11FO2/c1-5-2-6(3-8)7(4-9)10-5/h1,5-7,9H,2-4H2/t5?,6-,7+/m0/s1. The molecule has 0 saturated carbocycles. The van der Waals surface area contributed by atoms with E-state index in [9.17, 15) is 4.39 Å². The molecule has 0 aromatic heterocycles. The Labute approximate surface area is 60.0 Å². The lowest BCUT2D eigenvalue weighted by Crippen LogP contribution is -2.21. The maximum atomic E-state index is 12.1. The molecule has 1 aliphatic heterocycles. The molecule has 2 radical (unpaired) electrons. The molecule has 1 unspecified atom stereocenters. The summed E-state index contributed by atoms with van der Waals surface area (Å²) in [5.41, 5.74) is 0. The van der Waals surface area contributed by atoms with Gasteiger partial charge in [0, 0.05) is 5.92 Å². The highest BCUT2D eigenvalue weighted by Crippen LogP contribution is 2.25. The lowest BCUT2D eigenvalue weighted by molar-refractivity contribution is 0.0120. The molecule has 58 valence electrons. The molecular weight excluding hydrogens is 135 g/mol. The largest absolute Gasteiger partial charge is 0.394 e. The van der Waals surface area contributed by atoms with Crippen LogP contribution in [0.2, 0.25) is 0 Å². The number of aliphatic hydroxyl groups is 1. The van der Waals surface area contributed by atoms with Gasteiger partial charge in [-0.2, -0.15) is 0 Å². The average molecular weight is 146 g/mol. The summed E-state index contributed by atoms with van der Waals surface area (Å²) in [6, 6.07) is 0. The predicted molar refractivity (Wildman–Crippen MR) is 34.1 cm³/mol. The van der Waals surface area contributed by atoms with Crippen LogP contribution in [0.1, 0.15) is 6.42 Å². The highest BCUT2D eigenvalue weighted by atomic mass is 19.1. The van der Waals surface area contributed by atoms with E-state index in [0.29, 0.717) is 6.42 Å². The molecule has 1 rings (SSSR count). The Bertz CT molecular complexity index is 95.8. The van der Waals surface area contributed by atoms with Gasteiger partial charge in [0.05, 0.1) is 25.5 Å². The third-order valence-corrected chi connectivity index (χ3v) is 1.79. The van der Waals surface area contributed by atoms with Gasteiger partial charge in [0.15, 0.2) is 0 Å². The van der Waals surface area contributed by atoms with Crippen molar-refractivity contribution in [3.05, 3.63) is 6.92 Å². The van der Waals surface area contributed by atoms with Crippen molar-refractivity contribution in [2.75, 3.05) is 13.3 Å². The Morgan fingerprint density at radius 3 is 2.80 bits per heavy atom. The van der Waals surface area contributed by atoms with Gasteiger partial charge in [-0.3, -0.25) is 4.39 Å². The minimum atomic E-state index is -0.459. The summed E-state index contributed by atoms with van der Waals surface area (Å²) in [6.07, 6.45) is -0.264. The third kappa shape index (κ3) is 1.47. The van der Waals surface area contributed by atoms with Gasteiger partial charge in [0.1, 0.15) is 0 Å². The minimum Gasteiger partial charge on any atom is -0.394 e. The first kappa shape index (κ1) is 7.95. The van der Waals surface area contributed by atoms with E-state index in [1.54, 1.807) is 0 Å². The van der Waals surface area contributed by atoms with Crippen LogP contribution in [0, 0.1) is 12.8 Å². The van der Waals surface area contributed by atoms with Crippen molar-refractivity contribution in [3.63, 3.8) is 0 Å². The Kier molecular flexibility index (Phi) is 2.63. The first-order chi connectivity index (χ1) is 4.77. The molecule has 0 aliphatic carbocycles. The summed E-state index contributed by atoms with van der Waals surface area (Å²) in [5, 5.41) is 8.64. The van der Waals surface area contributed by atoms with Gasteiger partial charge < -0.3 is 9.84 Å². The molecule has 1 saturated heterocycles. The van der Waals surface area contributed by atoms with Crippen LogP contribution in [0.25, 0.3) is 0 Å². The van der Waals surface area contributed by atoms with Crippen molar-refractivity contribution in [2.45, 2.75) is 18.6 Å². The van der Waals surface area contributed by atoms with Crippen LogP contribution in [0.3, 0.4) is 0 Å². The molecule has 1 aliphatic rings. The van der Waals surface area contributed by atoms with Crippen molar-refractivity contribution in [1.82, 2.24) is 0 Å². The number of halogens is 1. The monoisotopic (exact) mass is 146 g/mol. The lowest BCUT2D eigenvalue weighted by atomic mass is 10.0. The van der Waals surface area contributed by atoms with Crippen LogP contribution in [0.15, 0.2) is 0 Å². The topological polar surface area (TPSA) is 29.5 Å². The van der Waals surface area contributed by atoms with Crippen molar-refractivity contribution in [1.29, 1.82) is 0 Å². The summed E-state index contributed by atoms with van der Waals surface area (Å²) >= 11 is 0. The predicted octanol–water partition coefficient (Wildman–Crippen LogP) is 0.433. The van der Waals surface area contributed by atoms with Gasteiger partial charge in [-0.1, -0.05) is 0 Å². The summed E-state index contributed by atoms with van der Waals surface area (Å²) < 4.78 is 17.1. The second-order valence-electron chi connectivity index (χ2n) is 2.55. The summed E-state index contributed by atoms with van der Waals surface area (Å²) in [6.45, 7) is 4.77. The minimum absolute atomic E-state index is 0.137. The maximum absolute atomic E-state index is 12.1. The Morgan fingerprint density at radius 2 is 2.40 bits per heavy atom. The molecule has 0 amide bonds. The van der Waals surface area contributed by atoms with E-state index >= 15 is 0 Å². The summed E-state index contributed by atoms with van der Waals surface area (Å²) in [5.74, 6) is -0.208. The molecule has 0 aromatic rings. The fourth-order valence-corrected chi connectivity index (χ4v) is 1.20. The fourth-order valence-electron chi connectivity index (χ4n) is 1.20. The van der Waals surface area contributed by atoms with E-state index in [4.69, 9.17) is 16.8 Å². The molecule has 3 atom stereocenters. The first-order valence-electron chi connectivity index (χ1n) is 3.35. The molecule has 1 heterocycles. The zero-order valence-electron chi connectivity index (χ0n) is 5.66. The van der Waals surface area contributed by atoms with Gasteiger partial charge in [0.2, 0.25) is 0 Å². The van der Waals surface area contributed by atoms with Gasteiger partial charge in [-0.25, -0.2) is 0 Å². The molecule has 2 nitrogen and oxygen atoms in total. The van der Waals surface area contributed by atoms with Crippen LogP contribution in [-0.4, -0.2) is 30.6 Å². The Morgan fingerprint density at radius 1 is 1.70 bits per heavy atom. The summed E-state index contributed by atoms with van der Waals surface area (Å²) in [7, 11) is 0. The number of ether oxygens (including phenoxy) is 1. The highest BCUT2D eigenvalue weighted by Gasteiger charge is 2.32. The van der Waals surface area contributed by atoms with E-state index in [1.807, 2.05) is 0 Å². The van der Waals surface area contributed by atoms with Gasteiger partial charge in [-0.05, 0) is 13.3 Å². The van der Waals surface area contributed by atoms with Crippen LogP contribution in [0.5, 0.6) is 0 Å². The van der Waals surface area contributed by atoms with E-state index in [2.05, 4.69) is 0 Å².